The lowest BCUT2D eigenvalue weighted by Gasteiger charge is -2.07. The van der Waals surface area contributed by atoms with E-state index in [1.165, 1.54) is 0 Å². The number of halogens is 1. The topological polar surface area (TPSA) is 106 Å². The van der Waals surface area contributed by atoms with Gasteiger partial charge >= 0.3 is 5.69 Å². The number of carbonyl (C=O) groups excluding carboxylic acids is 1. The van der Waals surface area contributed by atoms with E-state index in [0.29, 0.717) is 22.8 Å². The summed E-state index contributed by atoms with van der Waals surface area (Å²) in [5, 5.41) is 12.2. The predicted molar refractivity (Wildman–Crippen MR) is 120 cm³/mol. The van der Waals surface area contributed by atoms with Crippen molar-refractivity contribution in [2.24, 2.45) is 0 Å². The first kappa shape index (κ1) is 20.7. The number of rotatable bonds is 8. The number of hydrogen-bond acceptors (Lipinski definition) is 5. The molecule has 2 N–H and O–H groups in total. The molecule has 5 rings (SSSR count). The van der Waals surface area contributed by atoms with Crippen molar-refractivity contribution < 1.29 is 9.90 Å². The van der Waals surface area contributed by atoms with Gasteiger partial charge in [0.15, 0.2) is 0 Å². The summed E-state index contributed by atoms with van der Waals surface area (Å²) in [7, 11) is 0. The molecule has 0 spiro atoms. The molecule has 4 aromatic heterocycles. The third-order valence-electron chi connectivity index (χ3n) is 5.78. The van der Waals surface area contributed by atoms with E-state index in [2.05, 4.69) is 10.3 Å². The Morgan fingerprint density at radius 3 is 2.91 bits per heavy atom. The number of hydrogen-bond donors (Lipinski definition) is 2. The van der Waals surface area contributed by atoms with Crippen molar-refractivity contribution in [1.82, 2.24) is 28.8 Å². The maximum atomic E-state index is 13.3. The van der Waals surface area contributed by atoms with E-state index < -0.39 is 0 Å². The quantitative estimate of drug-likeness (QED) is 0.423. The molecule has 1 fully saturated rings. The smallest absolute Gasteiger partial charge is 0.329 e. The number of aryl methyl sites for hydroxylation is 1. The van der Waals surface area contributed by atoms with Gasteiger partial charge in [-0.05, 0) is 31.4 Å². The molecule has 4 aromatic rings. The van der Waals surface area contributed by atoms with Crippen LogP contribution < -0.4 is 11.0 Å². The number of pyridine rings is 2. The Morgan fingerprint density at radius 2 is 2.12 bits per heavy atom. The molecular weight excluding hydrogens is 432 g/mol. The zero-order valence-electron chi connectivity index (χ0n) is 17.4. The highest BCUT2D eigenvalue weighted by Crippen LogP contribution is 2.36. The zero-order chi connectivity index (χ0) is 22.2. The minimum Gasteiger partial charge on any atom is -0.395 e. The Hall–Kier alpha value is -3.17. The molecule has 1 aliphatic carbocycles. The van der Waals surface area contributed by atoms with Crippen LogP contribution in [0, 0.1) is 0 Å². The highest BCUT2D eigenvalue weighted by atomic mass is 35.5. The summed E-state index contributed by atoms with van der Waals surface area (Å²) in [5.41, 5.74) is 3.80. The van der Waals surface area contributed by atoms with Crippen molar-refractivity contribution in [3.05, 3.63) is 63.7 Å². The van der Waals surface area contributed by atoms with Gasteiger partial charge < -0.3 is 14.8 Å². The summed E-state index contributed by atoms with van der Waals surface area (Å²) in [5.74, 6) is -0.152. The molecule has 32 heavy (non-hydrogen) atoms. The molecule has 4 heterocycles. The van der Waals surface area contributed by atoms with Gasteiger partial charge in [0, 0.05) is 48.2 Å². The maximum absolute atomic E-state index is 13.3. The minimum atomic E-state index is -0.152. The summed E-state index contributed by atoms with van der Waals surface area (Å²) in [6.45, 7) is 0.387. The molecule has 0 radical (unpaired) electrons. The first-order valence-electron chi connectivity index (χ1n) is 10.6. The second-order valence-corrected chi connectivity index (χ2v) is 8.42. The van der Waals surface area contributed by atoms with Crippen LogP contribution in [0.2, 0.25) is 5.02 Å². The highest BCUT2D eigenvalue weighted by molar-refractivity contribution is 6.30. The van der Waals surface area contributed by atoms with E-state index in [0.717, 1.165) is 29.6 Å². The average molecular weight is 455 g/mol. The summed E-state index contributed by atoms with van der Waals surface area (Å²) in [4.78, 5) is 34.4. The fourth-order valence-corrected chi connectivity index (χ4v) is 4.30. The van der Waals surface area contributed by atoms with Crippen molar-refractivity contribution in [3.63, 3.8) is 0 Å². The molecule has 1 aliphatic rings. The van der Waals surface area contributed by atoms with Crippen LogP contribution in [-0.2, 0) is 17.8 Å². The number of carbonyl (C=O) groups is 1. The number of amides is 1. The van der Waals surface area contributed by atoms with E-state index >= 15 is 0 Å². The molecular formula is C22H23ClN6O3. The first-order chi connectivity index (χ1) is 15.6. The molecule has 0 atom stereocenters. The zero-order valence-corrected chi connectivity index (χ0v) is 18.1. The van der Waals surface area contributed by atoms with Crippen LogP contribution in [0.5, 0.6) is 0 Å². The number of fused-ring (bicyclic) bond motifs is 2. The fraction of sp³-hybridized carbons (Fsp3) is 0.364. The molecule has 0 aliphatic heterocycles. The molecule has 166 valence electrons. The van der Waals surface area contributed by atoms with Gasteiger partial charge in [0.2, 0.25) is 5.91 Å². The number of aliphatic hydroxyl groups excluding tert-OH is 1. The van der Waals surface area contributed by atoms with Crippen LogP contribution >= 0.6 is 11.6 Å². The van der Waals surface area contributed by atoms with Gasteiger partial charge in [0.25, 0.3) is 0 Å². The first-order valence-corrected chi connectivity index (χ1v) is 11.0. The largest absolute Gasteiger partial charge is 0.395 e. The van der Waals surface area contributed by atoms with Crippen LogP contribution in [0.15, 0.2) is 41.6 Å². The summed E-state index contributed by atoms with van der Waals surface area (Å²) < 4.78 is 5.47. The van der Waals surface area contributed by atoms with Crippen molar-refractivity contribution in [3.8, 4) is 0 Å². The van der Waals surface area contributed by atoms with Crippen LogP contribution in [0.1, 0.15) is 36.7 Å². The SMILES string of the molecule is O=C(CCc1c(Cn2c(=O)n(C3CC3)c3ccncc32)nc2cc(Cl)ccn12)NCCO. The maximum Gasteiger partial charge on any atom is 0.329 e. The Labute approximate surface area is 188 Å². The number of nitrogens with zero attached hydrogens (tertiary/aromatic N) is 5. The molecule has 0 saturated heterocycles. The molecule has 0 bridgehead atoms. The van der Waals surface area contributed by atoms with E-state index in [9.17, 15) is 9.59 Å². The lowest BCUT2D eigenvalue weighted by molar-refractivity contribution is -0.121. The van der Waals surface area contributed by atoms with Gasteiger partial charge in [-0.1, -0.05) is 11.6 Å². The predicted octanol–water partition coefficient (Wildman–Crippen LogP) is 1.92. The fourth-order valence-electron chi connectivity index (χ4n) is 4.14. The third kappa shape index (κ3) is 3.78. The Balaban J connectivity index is 1.55. The normalized spacial score (nSPS) is 13.8. The van der Waals surface area contributed by atoms with Crippen molar-refractivity contribution >= 4 is 34.2 Å². The number of nitrogens with one attached hydrogen (secondary N) is 1. The summed E-state index contributed by atoms with van der Waals surface area (Å²) >= 11 is 6.17. The van der Waals surface area contributed by atoms with Crippen molar-refractivity contribution in [1.29, 1.82) is 0 Å². The van der Waals surface area contributed by atoms with Crippen LogP contribution in [0.4, 0.5) is 0 Å². The highest BCUT2D eigenvalue weighted by Gasteiger charge is 2.29. The molecule has 0 unspecified atom stereocenters. The summed E-state index contributed by atoms with van der Waals surface area (Å²) in [6.07, 6.45) is 7.92. The number of aromatic nitrogens is 5. The van der Waals surface area contributed by atoms with Gasteiger partial charge in [0.05, 0.1) is 36.1 Å². The van der Waals surface area contributed by atoms with E-state index in [1.54, 1.807) is 29.1 Å². The Bertz CT molecular complexity index is 1370. The van der Waals surface area contributed by atoms with E-state index in [-0.39, 0.29) is 43.8 Å². The van der Waals surface area contributed by atoms with Gasteiger partial charge in [-0.25, -0.2) is 9.78 Å². The molecule has 10 heteroatoms. The molecule has 1 saturated carbocycles. The Kier molecular flexibility index (Phi) is 5.44. The standard InChI is InChI=1S/C22H23ClN6O3/c23-14-6-9-27-17(3-4-21(31)25-8-10-30)16(26-20(27)11-14)13-28-19-12-24-7-5-18(19)29(22(28)32)15-1-2-15/h5-7,9,11-12,15,30H,1-4,8,10,13H2,(H,25,31). The second kappa shape index (κ2) is 8.40. The molecule has 1 amide bonds. The van der Waals surface area contributed by atoms with E-state index in [1.807, 2.05) is 21.2 Å². The monoisotopic (exact) mass is 454 g/mol. The lowest BCUT2D eigenvalue weighted by atomic mass is 10.2. The second-order valence-electron chi connectivity index (χ2n) is 7.99. The van der Waals surface area contributed by atoms with Gasteiger partial charge in [0.1, 0.15) is 5.65 Å². The lowest BCUT2D eigenvalue weighted by Crippen LogP contribution is -2.27. The average Bonchev–Trinajstić information content (AvgIpc) is 3.51. The van der Waals surface area contributed by atoms with Gasteiger partial charge in [-0.2, -0.15) is 0 Å². The van der Waals surface area contributed by atoms with Crippen molar-refractivity contribution in [2.45, 2.75) is 38.3 Å². The minimum absolute atomic E-state index is 0.0720. The molecule has 0 aromatic carbocycles. The van der Waals surface area contributed by atoms with E-state index in [4.69, 9.17) is 21.7 Å². The number of aliphatic hydroxyl groups is 1. The third-order valence-corrected chi connectivity index (χ3v) is 6.01. The number of imidazole rings is 2. The van der Waals surface area contributed by atoms with Crippen molar-refractivity contribution in [2.75, 3.05) is 13.2 Å². The molecule has 9 nitrogen and oxygen atoms in total. The van der Waals surface area contributed by atoms with Crippen LogP contribution in [-0.4, -0.2) is 47.7 Å². The van der Waals surface area contributed by atoms with Gasteiger partial charge in [-0.15, -0.1) is 0 Å². The van der Waals surface area contributed by atoms with Gasteiger partial charge in [-0.3, -0.25) is 18.9 Å². The summed E-state index contributed by atoms with van der Waals surface area (Å²) in [6, 6.07) is 5.65. The Morgan fingerprint density at radius 1 is 1.28 bits per heavy atom. The van der Waals surface area contributed by atoms with Crippen LogP contribution in [0.3, 0.4) is 0 Å². The van der Waals surface area contributed by atoms with Crippen LogP contribution in [0.25, 0.3) is 16.7 Å².